The van der Waals surface area contributed by atoms with Crippen LogP contribution in [-0.4, -0.2) is 0 Å². The first-order chi connectivity index (χ1) is 8.60. The van der Waals surface area contributed by atoms with Crippen LogP contribution in [0.25, 0.3) is 0 Å². The van der Waals surface area contributed by atoms with Gasteiger partial charge in [-0.1, -0.05) is 6.92 Å². The van der Waals surface area contributed by atoms with Crippen molar-refractivity contribution in [2.24, 2.45) is 0 Å². The summed E-state index contributed by atoms with van der Waals surface area (Å²) in [6, 6.07) is 6.76. The summed E-state index contributed by atoms with van der Waals surface area (Å²) in [5.41, 5.74) is 1.40. The second-order valence-corrected chi connectivity index (χ2v) is 6.15. The molecule has 0 bridgehead atoms. The molecule has 0 aliphatic carbocycles. The maximum atomic E-state index is 5.69. The van der Waals surface area contributed by atoms with Crippen LogP contribution in [0.3, 0.4) is 0 Å². The van der Waals surface area contributed by atoms with Gasteiger partial charge < -0.3 is 9.73 Å². The lowest BCUT2D eigenvalue weighted by atomic mass is 10.1. The topological polar surface area (TPSA) is 25.2 Å². The van der Waals surface area contributed by atoms with E-state index < -0.39 is 0 Å². The van der Waals surface area contributed by atoms with E-state index in [9.17, 15) is 0 Å². The van der Waals surface area contributed by atoms with Crippen molar-refractivity contribution in [1.29, 1.82) is 0 Å². The number of aryl methyl sites for hydroxylation is 3. The summed E-state index contributed by atoms with van der Waals surface area (Å²) < 4.78 is 5.69. The molecule has 1 N–H and O–H groups in total. The predicted octanol–water partition coefficient (Wildman–Crippen LogP) is 4.37. The summed E-state index contributed by atoms with van der Waals surface area (Å²) >= 11 is 1.86. The SMILES string of the molecule is CCc1ccc(CNC(C)c2cc(C)sc2C)o1. The van der Waals surface area contributed by atoms with Crippen molar-refractivity contribution in [3.05, 3.63) is 45.0 Å². The Bertz CT molecular complexity index is 512. The highest BCUT2D eigenvalue weighted by Gasteiger charge is 2.11. The van der Waals surface area contributed by atoms with E-state index in [0.29, 0.717) is 6.04 Å². The third kappa shape index (κ3) is 3.03. The Morgan fingerprint density at radius 1 is 1.28 bits per heavy atom. The van der Waals surface area contributed by atoms with Crippen LogP contribution in [0.1, 0.15) is 46.7 Å². The molecule has 1 atom stereocenters. The lowest BCUT2D eigenvalue weighted by molar-refractivity contribution is 0.435. The van der Waals surface area contributed by atoms with E-state index in [4.69, 9.17) is 4.42 Å². The third-order valence-corrected chi connectivity index (χ3v) is 4.18. The van der Waals surface area contributed by atoms with Gasteiger partial charge in [-0.3, -0.25) is 0 Å². The Balaban J connectivity index is 1.95. The van der Waals surface area contributed by atoms with Crippen molar-refractivity contribution in [2.45, 2.75) is 46.7 Å². The Kier molecular flexibility index (Phi) is 4.25. The number of hydrogen-bond acceptors (Lipinski definition) is 3. The molecule has 2 aromatic heterocycles. The monoisotopic (exact) mass is 263 g/mol. The van der Waals surface area contributed by atoms with E-state index in [1.165, 1.54) is 15.3 Å². The van der Waals surface area contributed by atoms with Crippen molar-refractivity contribution in [3.8, 4) is 0 Å². The van der Waals surface area contributed by atoms with Crippen LogP contribution >= 0.6 is 11.3 Å². The zero-order chi connectivity index (χ0) is 13.1. The van der Waals surface area contributed by atoms with Crippen LogP contribution < -0.4 is 5.32 Å². The molecule has 0 saturated carbocycles. The molecule has 18 heavy (non-hydrogen) atoms. The van der Waals surface area contributed by atoms with E-state index in [1.807, 2.05) is 11.3 Å². The number of thiophene rings is 1. The summed E-state index contributed by atoms with van der Waals surface area (Å²) in [5, 5.41) is 3.52. The Hall–Kier alpha value is -1.06. The average molecular weight is 263 g/mol. The zero-order valence-electron chi connectivity index (χ0n) is 11.5. The Labute approximate surface area is 113 Å². The van der Waals surface area contributed by atoms with Gasteiger partial charge in [0.1, 0.15) is 11.5 Å². The molecule has 98 valence electrons. The molecule has 1 unspecified atom stereocenters. The maximum absolute atomic E-state index is 5.69. The smallest absolute Gasteiger partial charge is 0.117 e. The van der Waals surface area contributed by atoms with Gasteiger partial charge in [0.2, 0.25) is 0 Å². The van der Waals surface area contributed by atoms with E-state index in [1.54, 1.807) is 0 Å². The van der Waals surface area contributed by atoms with Crippen LogP contribution in [0.4, 0.5) is 0 Å². The summed E-state index contributed by atoms with van der Waals surface area (Å²) in [4.78, 5) is 2.78. The van der Waals surface area contributed by atoms with E-state index in [0.717, 1.165) is 24.5 Å². The Morgan fingerprint density at radius 3 is 2.56 bits per heavy atom. The lowest BCUT2D eigenvalue weighted by Crippen LogP contribution is -2.17. The fourth-order valence-corrected chi connectivity index (χ4v) is 3.17. The van der Waals surface area contributed by atoms with Crippen LogP contribution in [-0.2, 0) is 13.0 Å². The first kappa shape index (κ1) is 13.4. The molecule has 0 saturated heterocycles. The third-order valence-electron chi connectivity index (χ3n) is 3.19. The van der Waals surface area contributed by atoms with Gasteiger partial charge in [-0.05, 0) is 44.5 Å². The standard InChI is InChI=1S/C15H21NOS/c1-5-13-6-7-14(17-13)9-16-11(3)15-8-10(2)18-12(15)4/h6-8,11,16H,5,9H2,1-4H3. The number of furan rings is 1. The van der Waals surface area contributed by atoms with Crippen molar-refractivity contribution in [1.82, 2.24) is 5.32 Å². The summed E-state index contributed by atoms with van der Waals surface area (Å²) in [6.07, 6.45) is 0.957. The van der Waals surface area contributed by atoms with Gasteiger partial charge in [-0.25, -0.2) is 0 Å². The minimum atomic E-state index is 0.366. The quantitative estimate of drug-likeness (QED) is 0.866. The average Bonchev–Trinajstić information content (AvgIpc) is 2.92. The second-order valence-electron chi connectivity index (χ2n) is 4.69. The molecule has 0 radical (unpaired) electrons. The molecule has 0 amide bonds. The molecule has 2 aromatic rings. The highest BCUT2D eigenvalue weighted by molar-refractivity contribution is 7.12. The molecule has 0 aliphatic rings. The highest BCUT2D eigenvalue weighted by Crippen LogP contribution is 2.26. The van der Waals surface area contributed by atoms with Gasteiger partial charge in [-0.15, -0.1) is 11.3 Å². The van der Waals surface area contributed by atoms with Gasteiger partial charge >= 0.3 is 0 Å². The first-order valence-electron chi connectivity index (χ1n) is 6.48. The lowest BCUT2D eigenvalue weighted by Gasteiger charge is -2.12. The predicted molar refractivity (Wildman–Crippen MR) is 77.1 cm³/mol. The molecule has 2 nitrogen and oxygen atoms in total. The van der Waals surface area contributed by atoms with E-state index in [-0.39, 0.29) is 0 Å². The first-order valence-corrected chi connectivity index (χ1v) is 7.29. The van der Waals surface area contributed by atoms with Crippen LogP contribution in [0.15, 0.2) is 22.6 Å². The van der Waals surface area contributed by atoms with Crippen molar-refractivity contribution < 1.29 is 4.42 Å². The molecule has 0 fully saturated rings. The van der Waals surface area contributed by atoms with Gasteiger partial charge in [-0.2, -0.15) is 0 Å². The molecule has 0 aliphatic heterocycles. The fraction of sp³-hybridized carbons (Fsp3) is 0.467. The van der Waals surface area contributed by atoms with Crippen molar-refractivity contribution in [2.75, 3.05) is 0 Å². The molecule has 2 rings (SSSR count). The van der Waals surface area contributed by atoms with E-state index >= 15 is 0 Å². The minimum absolute atomic E-state index is 0.366. The van der Waals surface area contributed by atoms with Gasteiger partial charge in [0.15, 0.2) is 0 Å². The van der Waals surface area contributed by atoms with Gasteiger partial charge in [0, 0.05) is 22.2 Å². The van der Waals surface area contributed by atoms with E-state index in [2.05, 4.69) is 51.2 Å². The normalized spacial score (nSPS) is 12.9. The maximum Gasteiger partial charge on any atom is 0.117 e. The van der Waals surface area contributed by atoms with Crippen LogP contribution in [0.2, 0.25) is 0 Å². The van der Waals surface area contributed by atoms with Crippen molar-refractivity contribution in [3.63, 3.8) is 0 Å². The Morgan fingerprint density at radius 2 is 2.00 bits per heavy atom. The highest BCUT2D eigenvalue weighted by atomic mass is 32.1. The summed E-state index contributed by atoms with van der Waals surface area (Å²) in [5.74, 6) is 2.07. The number of rotatable bonds is 5. The molecule has 2 heterocycles. The van der Waals surface area contributed by atoms with Gasteiger partial charge in [0.05, 0.1) is 6.54 Å². The molecular weight excluding hydrogens is 242 g/mol. The van der Waals surface area contributed by atoms with Crippen LogP contribution in [0.5, 0.6) is 0 Å². The number of hydrogen-bond donors (Lipinski definition) is 1. The molecule has 0 aromatic carbocycles. The van der Waals surface area contributed by atoms with Gasteiger partial charge in [0.25, 0.3) is 0 Å². The molecule has 3 heteroatoms. The van der Waals surface area contributed by atoms with Crippen LogP contribution in [0, 0.1) is 13.8 Å². The fourth-order valence-electron chi connectivity index (χ4n) is 2.15. The summed E-state index contributed by atoms with van der Waals surface area (Å²) in [7, 11) is 0. The largest absolute Gasteiger partial charge is 0.465 e. The minimum Gasteiger partial charge on any atom is -0.465 e. The summed E-state index contributed by atoms with van der Waals surface area (Å²) in [6.45, 7) is 9.45. The second kappa shape index (κ2) is 5.72. The zero-order valence-corrected chi connectivity index (χ0v) is 12.4. The van der Waals surface area contributed by atoms with Crippen molar-refractivity contribution >= 4 is 11.3 Å². The molecule has 0 spiro atoms. The molecular formula is C15H21NOS. The number of nitrogens with one attached hydrogen (secondary N) is 1.